The number of halogens is 4. The van der Waals surface area contributed by atoms with E-state index in [0.717, 1.165) is 98.9 Å². The molecule has 1 spiro atoms. The molecule has 0 N–H and O–H groups in total. The van der Waals surface area contributed by atoms with E-state index in [1.807, 2.05) is 0 Å². The molecule has 1 aromatic heterocycles. The third-order valence-corrected chi connectivity index (χ3v) is 9.44. The largest absolute Gasteiger partial charge is 0.416 e. The summed E-state index contributed by atoms with van der Waals surface area (Å²) >= 11 is 0. The second kappa shape index (κ2) is 9.11. The number of nitrogens with zero attached hydrogens (tertiary/aromatic N) is 1. The minimum atomic E-state index is -4.44. The van der Waals surface area contributed by atoms with Gasteiger partial charge in [-0.05, 0) is 86.0 Å². The number of alkyl halides is 4. The summed E-state index contributed by atoms with van der Waals surface area (Å²) in [4.78, 5) is 5.26. The number of hydrogen-bond donors (Lipinski definition) is 0. The van der Waals surface area contributed by atoms with E-state index < -0.39 is 17.9 Å². The number of hydrogen-bond acceptors (Lipinski definition) is 2. The van der Waals surface area contributed by atoms with Gasteiger partial charge < -0.3 is 4.74 Å². The highest BCUT2D eigenvalue weighted by molar-refractivity contribution is 5.51. The predicted molar refractivity (Wildman–Crippen MR) is 131 cm³/mol. The lowest BCUT2D eigenvalue weighted by molar-refractivity contribution is -0.137. The van der Waals surface area contributed by atoms with Crippen LogP contribution in [0.5, 0.6) is 0 Å². The first kappa shape index (κ1) is 24.4. The van der Waals surface area contributed by atoms with Crippen LogP contribution in [0.15, 0.2) is 24.3 Å². The van der Waals surface area contributed by atoms with Gasteiger partial charge in [0.05, 0.1) is 17.4 Å². The van der Waals surface area contributed by atoms with Crippen LogP contribution < -0.4 is 0 Å². The topological polar surface area (TPSA) is 22.1 Å². The summed E-state index contributed by atoms with van der Waals surface area (Å²) in [5.74, 6) is 0.478. The average molecular weight is 502 g/mol. The number of ether oxygens (including phenoxy) is 1. The first-order valence-corrected chi connectivity index (χ1v) is 13.7. The van der Waals surface area contributed by atoms with Crippen molar-refractivity contribution in [2.75, 3.05) is 7.11 Å². The van der Waals surface area contributed by atoms with Crippen molar-refractivity contribution >= 4 is 0 Å². The van der Waals surface area contributed by atoms with Gasteiger partial charge in [-0.3, -0.25) is 4.98 Å². The Balaban J connectivity index is 1.54. The van der Waals surface area contributed by atoms with Gasteiger partial charge in [0.15, 0.2) is 6.17 Å². The molecule has 0 amide bonds. The first-order valence-electron chi connectivity index (χ1n) is 13.7. The fraction of sp³-hybridized carbons (Fsp3) is 0.633. The maximum Gasteiger partial charge on any atom is 0.416 e. The highest BCUT2D eigenvalue weighted by atomic mass is 19.4. The van der Waals surface area contributed by atoms with Gasteiger partial charge >= 0.3 is 6.18 Å². The minimum Gasteiger partial charge on any atom is -0.377 e. The van der Waals surface area contributed by atoms with Crippen LogP contribution in [-0.2, 0) is 17.3 Å². The van der Waals surface area contributed by atoms with E-state index in [-0.39, 0.29) is 28.9 Å². The van der Waals surface area contributed by atoms with Crippen molar-refractivity contribution in [3.05, 3.63) is 63.5 Å². The number of pyridine rings is 1. The molecule has 0 radical (unpaired) electrons. The van der Waals surface area contributed by atoms with Crippen molar-refractivity contribution in [2.45, 2.75) is 107 Å². The zero-order valence-corrected chi connectivity index (χ0v) is 21.0. The van der Waals surface area contributed by atoms with E-state index in [2.05, 4.69) is 0 Å². The smallest absolute Gasteiger partial charge is 0.377 e. The van der Waals surface area contributed by atoms with Crippen LogP contribution >= 0.6 is 0 Å². The van der Waals surface area contributed by atoms with Crippen LogP contribution in [0.4, 0.5) is 17.6 Å². The molecule has 6 rings (SSSR count). The fourth-order valence-electron chi connectivity index (χ4n) is 7.32. The molecule has 0 bridgehead atoms. The highest BCUT2D eigenvalue weighted by Gasteiger charge is 2.50. The molecule has 2 atom stereocenters. The fourth-order valence-corrected chi connectivity index (χ4v) is 7.32. The molecule has 36 heavy (non-hydrogen) atoms. The monoisotopic (exact) mass is 501 g/mol. The predicted octanol–water partition coefficient (Wildman–Crippen LogP) is 8.89. The number of fused-ring (bicyclic) bond motifs is 1. The summed E-state index contributed by atoms with van der Waals surface area (Å²) in [6, 6.07) is 4.65. The maximum atomic E-state index is 16.7. The summed E-state index contributed by atoms with van der Waals surface area (Å²) < 4.78 is 62.4. The van der Waals surface area contributed by atoms with Crippen molar-refractivity contribution in [1.82, 2.24) is 4.98 Å². The molecule has 2 aromatic rings. The zero-order valence-electron chi connectivity index (χ0n) is 21.0. The molecular formula is C30H35F4NO. The van der Waals surface area contributed by atoms with Crippen LogP contribution in [0, 0.1) is 5.41 Å². The van der Waals surface area contributed by atoms with Gasteiger partial charge in [0.25, 0.3) is 0 Å². The molecule has 1 aromatic carbocycles. The minimum absolute atomic E-state index is 0.0875. The molecule has 1 heterocycles. The van der Waals surface area contributed by atoms with Gasteiger partial charge in [-0.1, -0.05) is 37.8 Å². The van der Waals surface area contributed by atoms with Gasteiger partial charge in [0.1, 0.15) is 0 Å². The van der Waals surface area contributed by atoms with E-state index in [1.165, 1.54) is 25.0 Å². The molecular weight excluding hydrogens is 466 g/mol. The summed E-state index contributed by atoms with van der Waals surface area (Å²) in [6.07, 6.45) is 6.80. The molecule has 3 fully saturated rings. The van der Waals surface area contributed by atoms with Gasteiger partial charge in [-0.2, -0.15) is 13.2 Å². The standard InChI is InChI=1S/C30H35F4NO/c1-36-23-17-29(14-15-29)16-22-25(23)24(18-6-2-3-7-18)26(28(35-22)20-8-4-5-9-20)27(31)19-10-12-21(13-11-19)30(32,33)34/h10-13,18,20,23,27H,2-9,14-17H2,1H3/t23-,27-/m0/s1. The summed E-state index contributed by atoms with van der Waals surface area (Å²) in [7, 11) is 1.75. The molecule has 2 nitrogen and oxygen atoms in total. The van der Waals surface area contributed by atoms with Gasteiger partial charge in [0, 0.05) is 29.8 Å². The van der Waals surface area contributed by atoms with E-state index in [0.29, 0.717) is 5.56 Å². The van der Waals surface area contributed by atoms with Crippen molar-refractivity contribution in [2.24, 2.45) is 5.41 Å². The van der Waals surface area contributed by atoms with Gasteiger partial charge in [0.2, 0.25) is 0 Å². The summed E-state index contributed by atoms with van der Waals surface area (Å²) in [5, 5.41) is 0. The molecule has 0 saturated heterocycles. The Labute approximate surface area is 210 Å². The second-order valence-corrected chi connectivity index (χ2v) is 11.7. The van der Waals surface area contributed by atoms with Crippen molar-refractivity contribution in [1.29, 1.82) is 0 Å². The lowest BCUT2D eigenvalue weighted by Gasteiger charge is -2.36. The Morgan fingerprint density at radius 2 is 1.53 bits per heavy atom. The molecule has 4 aliphatic rings. The Bertz CT molecular complexity index is 1110. The molecule has 6 heteroatoms. The lowest BCUT2D eigenvalue weighted by atomic mass is 9.74. The number of benzene rings is 1. The van der Waals surface area contributed by atoms with Crippen LogP contribution in [0.2, 0.25) is 0 Å². The molecule has 0 unspecified atom stereocenters. The first-order chi connectivity index (χ1) is 17.3. The molecule has 3 saturated carbocycles. The van der Waals surface area contributed by atoms with Crippen LogP contribution in [0.3, 0.4) is 0 Å². The van der Waals surface area contributed by atoms with Crippen LogP contribution in [0.1, 0.15) is 134 Å². The maximum absolute atomic E-state index is 16.7. The van der Waals surface area contributed by atoms with Crippen molar-refractivity contribution < 1.29 is 22.3 Å². The number of methoxy groups -OCH3 is 1. The Morgan fingerprint density at radius 1 is 0.917 bits per heavy atom. The number of rotatable bonds is 5. The van der Waals surface area contributed by atoms with Crippen LogP contribution in [-0.4, -0.2) is 12.1 Å². The van der Waals surface area contributed by atoms with Crippen molar-refractivity contribution in [3.8, 4) is 0 Å². The molecule has 0 aliphatic heterocycles. The van der Waals surface area contributed by atoms with E-state index in [4.69, 9.17) is 9.72 Å². The van der Waals surface area contributed by atoms with Gasteiger partial charge in [-0.25, -0.2) is 4.39 Å². The Kier molecular flexibility index (Phi) is 6.17. The molecule has 194 valence electrons. The van der Waals surface area contributed by atoms with Gasteiger partial charge in [-0.15, -0.1) is 0 Å². The number of aromatic nitrogens is 1. The third kappa shape index (κ3) is 4.27. The Morgan fingerprint density at radius 3 is 2.08 bits per heavy atom. The quantitative estimate of drug-likeness (QED) is 0.382. The third-order valence-electron chi connectivity index (χ3n) is 9.44. The SMILES string of the molecule is CO[C@H]1CC2(CC2)Cc2nc(C3CCCC3)c([C@@H](F)c3ccc(C(F)(F)F)cc3)c(C3CCCC3)c21. The average Bonchev–Trinajstić information content (AvgIpc) is 3.28. The van der Waals surface area contributed by atoms with E-state index in [9.17, 15) is 13.2 Å². The Hall–Kier alpha value is -1.95. The summed E-state index contributed by atoms with van der Waals surface area (Å²) in [5.41, 5.74) is 4.66. The second-order valence-electron chi connectivity index (χ2n) is 11.7. The highest BCUT2D eigenvalue weighted by Crippen LogP contribution is 2.60. The lowest BCUT2D eigenvalue weighted by Crippen LogP contribution is -2.27. The summed E-state index contributed by atoms with van der Waals surface area (Å²) in [6.45, 7) is 0. The van der Waals surface area contributed by atoms with E-state index in [1.54, 1.807) is 7.11 Å². The van der Waals surface area contributed by atoms with E-state index >= 15 is 4.39 Å². The zero-order chi connectivity index (χ0) is 25.1. The van der Waals surface area contributed by atoms with Crippen molar-refractivity contribution in [3.63, 3.8) is 0 Å². The van der Waals surface area contributed by atoms with Crippen LogP contribution in [0.25, 0.3) is 0 Å². The normalized spacial score (nSPS) is 24.9. The molecule has 4 aliphatic carbocycles.